The average molecular weight is 530 g/mol. The van der Waals surface area contributed by atoms with E-state index in [1.54, 1.807) is 18.3 Å². The lowest BCUT2D eigenvalue weighted by Crippen LogP contribution is -2.04. The van der Waals surface area contributed by atoms with Gasteiger partial charge in [-0.15, -0.1) is 11.3 Å². The van der Waals surface area contributed by atoms with E-state index in [0.29, 0.717) is 21.3 Å². The molecule has 37 heavy (non-hydrogen) atoms. The molecule has 0 saturated heterocycles. The number of carbonyl (C=O) groups is 1. The quantitative estimate of drug-likeness (QED) is 0.241. The van der Waals surface area contributed by atoms with Crippen molar-refractivity contribution in [2.75, 3.05) is 0 Å². The molecule has 0 saturated carbocycles. The number of halogens is 1. The summed E-state index contributed by atoms with van der Waals surface area (Å²) in [5, 5.41) is 16.2. The van der Waals surface area contributed by atoms with Gasteiger partial charge >= 0.3 is 5.97 Å². The molecule has 0 spiro atoms. The van der Waals surface area contributed by atoms with Crippen LogP contribution in [0, 0.1) is 6.92 Å². The molecule has 0 aliphatic carbocycles. The minimum Gasteiger partial charge on any atom is -0.481 e. The second kappa shape index (κ2) is 9.72. The van der Waals surface area contributed by atoms with Crippen molar-refractivity contribution in [2.45, 2.75) is 13.3 Å². The summed E-state index contributed by atoms with van der Waals surface area (Å²) in [6, 6.07) is 15.2. The highest BCUT2D eigenvalue weighted by molar-refractivity contribution is 7.20. The Morgan fingerprint density at radius 3 is 2.65 bits per heavy atom. The van der Waals surface area contributed by atoms with Crippen molar-refractivity contribution in [3.8, 4) is 11.1 Å². The summed E-state index contributed by atoms with van der Waals surface area (Å²) in [5.41, 5.74) is 19.7. The van der Waals surface area contributed by atoms with Gasteiger partial charge in [0, 0.05) is 40.5 Å². The zero-order valence-corrected chi connectivity index (χ0v) is 21.8. The zero-order valence-electron chi connectivity index (χ0n) is 20.2. The third kappa shape index (κ3) is 4.69. The maximum atomic E-state index is 11.7. The second-order valence-corrected chi connectivity index (χ2v) is 10.2. The van der Waals surface area contributed by atoms with Crippen molar-refractivity contribution in [3.63, 3.8) is 0 Å². The van der Waals surface area contributed by atoms with Gasteiger partial charge in [0.25, 0.3) is 0 Å². The van der Waals surface area contributed by atoms with Crippen LogP contribution in [0.4, 0.5) is 0 Å². The van der Waals surface area contributed by atoms with Gasteiger partial charge in [-0.05, 0) is 65.6 Å². The minimum absolute atomic E-state index is 0.101. The smallest absolute Gasteiger partial charge is 0.307 e. The van der Waals surface area contributed by atoms with Gasteiger partial charge in [0.15, 0.2) is 0 Å². The molecule has 186 valence electrons. The Balaban J connectivity index is 1.63. The normalized spacial score (nSPS) is 12.5. The van der Waals surface area contributed by atoms with Crippen LogP contribution in [0.5, 0.6) is 0 Å². The number of thiazole rings is 1. The fraction of sp³-hybridized carbons (Fsp3) is 0.107. The Morgan fingerprint density at radius 1 is 1.19 bits per heavy atom. The molecule has 7 nitrogen and oxygen atoms in total. The lowest BCUT2D eigenvalue weighted by molar-refractivity contribution is -0.136. The molecule has 0 amide bonds. The molecule has 0 aliphatic heterocycles. The number of nitrogens with two attached hydrogens (primary N) is 2. The number of aliphatic carboxylic acids is 1. The summed E-state index contributed by atoms with van der Waals surface area (Å²) in [4.78, 5) is 16.6. The Morgan fingerprint density at radius 2 is 1.95 bits per heavy atom. The number of allylic oxidation sites excluding steroid dienone is 2. The Labute approximate surface area is 222 Å². The highest BCUT2D eigenvalue weighted by Gasteiger charge is 2.20. The number of hydrogen-bond donors (Lipinski definition) is 3. The maximum Gasteiger partial charge on any atom is 0.307 e. The first kappa shape index (κ1) is 24.5. The monoisotopic (exact) mass is 529 g/mol. The van der Waals surface area contributed by atoms with Crippen molar-refractivity contribution in [2.24, 2.45) is 18.5 Å². The number of carboxylic acid groups (broad SMARTS) is 1. The molecule has 3 aromatic carbocycles. The molecule has 2 aromatic heterocycles. The van der Waals surface area contributed by atoms with Crippen molar-refractivity contribution < 1.29 is 9.90 Å². The van der Waals surface area contributed by atoms with Crippen LogP contribution in [-0.4, -0.2) is 25.8 Å². The molecule has 0 unspecified atom stereocenters. The summed E-state index contributed by atoms with van der Waals surface area (Å²) in [6.45, 7) is 1.91. The van der Waals surface area contributed by atoms with E-state index in [0.717, 1.165) is 48.9 Å². The molecule has 0 bridgehead atoms. The van der Waals surface area contributed by atoms with Gasteiger partial charge in [0.05, 0.1) is 28.4 Å². The van der Waals surface area contributed by atoms with E-state index >= 15 is 0 Å². The van der Waals surface area contributed by atoms with Crippen molar-refractivity contribution in [3.05, 3.63) is 93.7 Å². The summed E-state index contributed by atoms with van der Waals surface area (Å²) < 4.78 is 2.69. The molecular formula is C28H24ClN5O2S. The third-order valence-corrected chi connectivity index (χ3v) is 7.68. The third-order valence-electron chi connectivity index (χ3n) is 6.29. The van der Waals surface area contributed by atoms with E-state index in [1.165, 1.54) is 17.5 Å². The van der Waals surface area contributed by atoms with Crippen LogP contribution in [0.2, 0.25) is 5.02 Å². The van der Waals surface area contributed by atoms with E-state index < -0.39 is 5.97 Å². The standard InChI is InChI=1S/C28H24ClN5O2S/c1-15-9-23-27(26(21(15)12-25(35)36)16-3-6-20(29)7-4-16)37-28(33-23)18(13-30)11-22(31)17-5-8-24-19(10-17)14-32-34(24)2/h3-11,13-14H,12,30-31H2,1-2H3,(H,35,36)/b18-13+,22-11-. The van der Waals surface area contributed by atoms with Crippen LogP contribution in [0.1, 0.15) is 21.7 Å². The zero-order chi connectivity index (χ0) is 26.3. The summed E-state index contributed by atoms with van der Waals surface area (Å²) >= 11 is 7.57. The fourth-order valence-corrected chi connectivity index (χ4v) is 5.70. The summed E-state index contributed by atoms with van der Waals surface area (Å²) in [5.74, 6) is -0.897. The second-order valence-electron chi connectivity index (χ2n) is 8.76. The van der Waals surface area contributed by atoms with Gasteiger partial charge in [-0.2, -0.15) is 5.10 Å². The lowest BCUT2D eigenvalue weighted by Gasteiger charge is -2.13. The number of nitrogens with zero attached hydrogens (tertiary/aromatic N) is 3. The molecule has 5 N–H and O–H groups in total. The van der Waals surface area contributed by atoms with Crippen LogP contribution in [-0.2, 0) is 18.3 Å². The van der Waals surface area contributed by atoms with E-state index in [4.69, 9.17) is 28.1 Å². The molecule has 2 heterocycles. The summed E-state index contributed by atoms with van der Waals surface area (Å²) in [7, 11) is 1.89. The number of rotatable bonds is 6. The van der Waals surface area contributed by atoms with Gasteiger partial charge < -0.3 is 16.6 Å². The lowest BCUT2D eigenvalue weighted by atomic mass is 9.93. The number of hydrogen-bond acceptors (Lipinski definition) is 6. The molecule has 0 aliphatic rings. The first-order chi connectivity index (χ1) is 17.7. The predicted molar refractivity (Wildman–Crippen MR) is 151 cm³/mol. The van der Waals surface area contributed by atoms with Crippen molar-refractivity contribution in [1.82, 2.24) is 14.8 Å². The van der Waals surface area contributed by atoms with E-state index in [1.807, 2.05) is 61.1 Å². The molecule has 5 aromatic rings. The Kier molecular flexibility index (Phi) is 6.45. The van der Waals surface area contributed by atoms with Crippen LogP contribution in [0.15, 0.2) is 67.0 Å². The largest absolute Gasteiger partial charge is 0.481 e. The van der Waals surface area contributed by atoms with E-state index in [-0.39, 0.29) is 6.42 Å². The fourth-order valence-electron chi connectivity index (χ4n) is 4.43. The molecule has 9 heteroatoms. The van der Waals surface area contributed by atoms with Gasteiger partial charge in [-0.1, -0.05) is 29.8 Å². The first-order valence-corrected chi connectivity index (χ1v) is 12.7. The highest BCUT2D eigenvalue weighted by Crippen LogP contribution is 2.40. The van der Waals surface area contributed by atoms with E-state index in [9.17, 15) is 9.90 Å². The number of benzene rings is 3. The van der Waals surface area contributed by atoms with E-state index in [2.05, 4.69) is 5.10 Å². The predicted octanol–water partition coefficient (Wildman–Crippen LogP) is 5.74. The number of aryl methyl sites for hydroxylation is 2. The number of fused-ring (bicyclic) bond motifs is 2. The minimum atomic E-state index is -0.897. The van der Waals surface area contributed by atoms with Gasteiger partial charge in [0.1, 0.15) is 5.01 Å². The van der Waals surface area contributed by atoms with Crippen LogP contribution in [0.25, 0.3) is 43.5 Å². The topological polar surface area (TPSA) is 120 Å². The van der Waals surface area contributed by atoms with Crippen molar-refractivity contribution in [1.29, 1.82) is 0 Å². The average Bonchev–Trinajstić information content (AvgIpc) is 3.46. The van der Waals surface area contributed by atoms with Gasteiger partial charge in [0.2, 0.25) is 0 Å². The molecular weight excluding hydrogens is 506 g/mol. The molecule has 0 atom stereocenters. The molecule has 0 radical (unpaired) electrons. The van der Waals surface area contributed by atoms with Crippen LogP contribution in [0.3, 0.4) is 0 Å². The maximum absolute atomic E-state index is 11.7. The molecule has 5 rings (SSSR count). The summed E-state index contributed by atoms with van der Waals surface area (Å²) in [6.07, 6.45) is 4.99. The van der Waals surface area contributed by atoms with Crippen molar-refractivity contribution >= 4 is 61.3 Å². The van der Waals surface area contributed by atoms with Gasteiger partial charge in [-0.3, -0.25) is 9.48 Å². The Bertz CT molecular complexity index is 1730. The Hall–Kier alpha value is -4.14. The van der Waals surface area contributed by atoms with Crippen LogP contribution >= 0.6 is 22.9 Å². The first-order valence-electron chi connectivity index (χ1n) is 11.5. The molecule has 0 fully saturated rings. The number of carboxylic acids is 1. The highest BCUT2D eigenvalue weighted by atomic mass is 35.5. The van der Waals surface area contributed by atoms with Crippen LogP contribution < -0.4 is 11.5 Å². The SMILES string of the molecule is Cc1cc2nc(C(/C=C(\N)c3ccc4c(cnn4C)c3)=C/N)sc2c(-c2ccc(Cl)cc2)c1CC(=O)O. The van der Waals surface area contributed by atoms with Gasteiger partial charge in [-0.25, -0.2) is 4.98 Å². The number of aromatic nitrogens is 3.